The Morgan fingerprint density at radius 2 is 2.31 bits per heavy atom. The molecule has 0 spiro atoms. The molecule has 3 N–H and O–H groups in total. The number of amides is 1. The molecule has 0 aliphatic carbocycles. The van der Waals surface area contributed by atoms with Crippen LogP contribution in [0.2, 0.25) is 0 Å². The summed E-state index contributed by atoms with van der Waals surface area (Å²) in [6.07, 6.45) is -1.34. The van der Waals surface area contributed by atoms with Crippen LogP contribution in [0, 0.1) is 0 Å². The third-order valence-corrected chi connectivity index (χ3v) is 1.23. The Bertz CT molecular complexity index is 185. The fourth-order valence-electron chi connectivity index (χ4n) is 0.578. The van der Waals surface area contributed by atoms with Gasteiger partial charge in [0.25, 0.3) is 0 Å². The van der Waals surface area contributed by atoms with Gasteiger partial charge in [-0.1, -0.05) is 6.08 Å². The molecule has 1 amide bonds. The predicted molar refractivity (Wildman–Crippen MR) is 42.7 cm³/mol. The van der Waals surface area contributed by atoms with E-state index in [4.69, 9.17) is 0 Å². The number of carbonyl (C=O) groups is 1. The fourth-order valence-corrected chi connectivity index (χ4v) is 0.578. The van der Waals surface area contributed by atoms with Crippen LogP contribution in [0.5, 0.6) is 0 Å². The maximum Gasteiger partial charge on any atom is 0.437 e. The molecule has 0 bridgehead atoms. The van der Waals surface area contributed by atoms with Gasteiger partial charge in [-0.05, 0) is 12.8 Å². The lowest BCUT2D eigenvalue weighted by atomic mass is 10.3. The van der Waals surface area contributed by atoms with Gasteiger partial charge in [-0.2, -0.15) is 8.78 Å². The van der Waals surface area contributed by atoms with Gasteiger partial charge in [-0.3, -0.25) is 10.2 Å². The highest BCUT2D eigenvalue weighted by Crippen LogP contribution is 2.15. The Labute approximate surface area is 74.7 Å². The summed E-state index contributed by atoms with van der Waals surface area (Å²) in [6, 6.07) is 0. The molecule has 0 unspecified atom stereocenters. The number of hydrogen-bond acceptors (Lipinski definition) is 3. The van der Waals surface area contributed by atoms with Crippen molar-refractivity contribution in [1.82, 2.24) is 5.43 Å². The molecule has 13 heavy (non-hydrogen) atoms. The van der Waals surface area contributed by atoms with E-state index >= 15 is 0 Å². The average Bonchev–Trinajstić information content (AvgIpc) is 2.11. The summed E-state index contributed by atoms with van der Waals surface area (Å²) in [5, 5.41) is 0. The molecule has 76 valence electrons. The smallest absolute Gasteiger partial charge is 0.313 e. The first-order valence-corrected chi connectivity index (χ1v) is 3.68. The molecule has 0 radical (unpaired) electrons. The topological polar surface area (TPSA) is 64.3 Å². The van der Waals surface area contributed by atoms with Crippen molar-refractivity contribution in [2.45, 2.75) is 19.0 Å². The molecule has 0 aliphatic heterocycles. The number of nitrogens with one attached hydrogen (secondary N) is 1. The van der Waals surface area contributed by atoms with Crippen LogP contribution in [0.1, 0.15) is 12.8 Å². The Kier molecular flexibility index (Phi) is 5.17. The molecule has 0 aromatic carbocycles. The molecule has 0 aliphatic rings. The first kappa shape index (κ1) is 12.0. The molecule has 0 saturated carbocycles. The van der Waals surface area contributed by atoms with E-state index < -0.39 is 12.0 Å². The van der Waals surface area contributed by atoms with E-state index in [0.29, 0.717) is 12.8 Å². The summed E-state index contributed by atoms with van der Waals surface area (Å²) in [5.41, 5.74) is 1.31. The third-order valence-electron chi connectivity index (χ3n) is 1.23. The van der Waals surface area contributed by atoms with E-state index in [0.717, 1.165) is 0 Å². The van der Waals surface area contributed by atoms with Crippen LogP contribution in [-0.2, 0) is 9.53 Å². The van der Waals surface area contributed by atoms with E-state index in [1.165, 1.54) is 5.43 Å². The minimum atomic E-state index is -3.85. The summed E-state index contributed by atoms with van der Waals surface area (Å²) < 4.78 is 29.0. The monoisotopic (exact) mass is 194 g/mol. The van der Waals surface area contributed by atoms with Gasteiger partial charge in [0, 0.05) is 0 Å². The number of hydrazine groups is 1. The molecule has 6 heteroatoms. The lowest BCUT2D eigenvalue weighted by molar-refractivity contribution is -0.231. The van der Waals surface area contributed by atoms with Crippen molar-refractivity contribution in [1.29, 1.82) is 0 Å². The first-order valence-electron chi connectivity index (χ1n) is 3.68. The van der Waals surface area contributed by atoms with Crippen LogP contribution in [0.4, 0.5) is 8.78 Å². The predicted octanol–water partition coefficient (Wildman–Crippen LogP) is 0.552. The normalized spacial score (nSPS) is 11.0. The number of nitrogens with two attached hydrogens (primary N) is 1. The Hall–Kier alpha value is -1.01. The van der Waals surface area contributed by atoms with E-state index in [-0.39, 0.29) is 6.61 Å². The minimum absolute atomic E-state index is 0.216. The summed E-state index contributed by atoms with van der Waals surface area (Å²) in [4.78, 5) is 10.4. The van der Waals surface area contributed by atoms with Gasteiger partial charge in [-0.25, -0.2) is 5.84 Å². The number of rotatable bonds is 6. The van der Waals surface area contributed by atoms with E-state index in [2.05, 4.69) is 17.2 Å². The van der Waals surface area contributed by atoms with Crippen molar-refractivity contribution in [3.05, 3.63) is 12.7 Å². The van der Waals surface area contributed by atoms with Crippen molar-refractivity contribution < 1.29 is 18.3 Å². The Morgan fingerprint density at radius 1 is 1.69 bits per heavy atom. The molecule has 4 nitrogen and oxygen atoms in total. The van der Waals surface area contributed by atoms with Crippen LogP contribution in [-0.4, -0.2) is 18.6 Å². The van der Waals surface area contributed by atoms with Crippen LogP contribution in [0.15, 0.2) is 12.7 Å². The molecule has 0 atom stereocenters. The second-order valence-electron chi connectivity index (χ2n) is 2.27. The summed E-state index contributed by atoms with van der Waals surface area (Å²) in [7, 11) is 0. The SMILES string of the molecule is C=CCCCOC(F)(F)C(=O)NN. The molecule has 0 rings (SSSR count). The Balaban J connectivity index is 3.75. The van der Waals surface area contributed by atoms with Gasteiger partial charge < -0.3 is 4.74 Å². The van der Waals surface area contributed by atoms with Crippen molar-refractivity contribution in [3.8, 4) is 0 Å². The van der Waals surface area contributed by atoms with Crippen molar-refractivity contribution in [2.24, 2.45) is 5.84 Å². The van der Waals surface area contributed by atoms with Crippen LogP contribution in [0.3, 0.4) is 0 Å². The highest BCUT2D eigenvalue weighted by Gasteiger charge is 2.39. The van der Waals surface area contributed by atoms with Gasteiger partial charge in [-0.15, -0.1) is 6.58 Å². The zero-order chi connectivity index (χ0) is 10.3. The number of unbranched alkanes of at least 4 members (excludes halogenated alkanes) is 1. The number of ether oxygens (including phenoxy) is 1. The second-order valence-corrected chi connectivity index (χ2v) is 2.27. The average molecular weight is 194 g/mol. The maximum absolute atomic E-state index is 12.5. The zero-order valence-corrected chi connectivity index (χ0v) is 7.06. The van der Waals surface area contributed by atoms with Gasteiger partial charge in [0.05, 0.1) is 6.61 Å². The quantitative estimate of drug-likeness (QED) is 0.213. The third kappa shape index (κ3) is 4.54. The highest BCUT2D eigenvalue weighted by molar-refractivity contribution is 5.81. The van der Waals surface area contributed by atoms with Crippen LogP contribution < -0.4 is 11.3 Å². The van der Waals surface area contributed by atoms with Crippen molar-refractivity contribution >= 4 is 5.91 Å². The van der Waals surface area contributed by atoms with Crippen molar-refractivity contribution in [2.75, 3.05) is 6.61 Å². The van der Waals surface area contributed by atoms with Crippen LogP contribution in [0.25, 0.3) is 0 Å². The molecule has 0 aromatic heterocycles. The number of halogens is 2. The lowest BCUT2D eigenvalue weighted by Crippen LogP contribution is -2.45. The van der Waals surface area contributed by atoms with E-state index in [1.54, 1.807) is 6.08 Å². The summed E-state index contributed by atoms with van der Waals surface area (Å²) in [5.74, 6) is 2.87. The molecule has 0 saturated heterocycles. The lowest BCUT2D eigenvalue weighted by Gasteiger charge is -2.13. The van der Waals surface area contributed by atoms with Crippen LogP contribution >= 0.6 is 0 Å². The molecule has 0 heterocycles. The first-order chi connectivity index (χ1) is 6.04. The van der Waals surface area contributed by atoms with Gasteiger partial charge in [0.1, 0.15) is 0 Å². The summed E-state index contributed by atoms with van der Waals surface area (Å²) in [6.45, 7) is 3.19. The number of carbonyl (C=O) groups excluding carboxylic acids is 1. The maximum atomic E-state index is 12.5. The van der Waals surface area contributed by atoms with E-state index in [9.17, 15) is 13.6 Å². The molecular weight excluding hydrogens is 182 g/mol. The number of allylic oxidation sites excluding steroid dienone is 1. The van der Waals surface area contributed by atoms with Gasteiger partial charge in [0.15, 0.2) is 0 Å². The second kappa shape index (κ2) is 5.60. The van der Waals surface area contributed by atoms with Gasteiger partial charge in [0.2, 0.25) is 0 Å². The fraction of sp³-hybridized carbons (Fsp3) is 0.571. The molecule has 0 fully saturated rings. The highest BCUT2D eigenvalue weighted by atomic mass is 19.3. The number of alkyl halides is 2. The van der Waals surface area contributed by atoms with Gasteiger partial charge >= 0.3 is 12.0 Å². The molecule has 0 aromatic rings. The molecular formula is C7H12F2N2O2. The summed E-state index contributed by atoms with van der Waals surface area (Å²) >= 11 is 0. The number of hydrogen-bond donors (Lipinski definition) is 2. The zero-order valence-electron chi connectivity index (χ0n) is 7.06. The largest absolute Gasteiger partial charge is 0.437 e. The van der Waals surface area contributed by atoms with Crippen molar-refractivity contribution in [3.63, 3.8) is 0 Å². The van der Waals surface area contributed by atoms with E-state index in [1.807, 2.05) is 0 Å². The standard InChI is InChI=1S/C7H12F2N2O2/c1-2-3-4-5-13-7(8,9)6(12)11-10/h2H,1,3-5,10H2,(H,11,12). The minimum Gasteiger partial charge on any atom is -0.313 e. The Morgan fingerprint density at radius 3 is 2.77 bits per heavy atom.